The molecule has 1 aromatic rings. The Balaban J connectivity index is 3.01. The molecule has 0 saturated heterocycles. The molecule has 0 spiro atoms. The summed E-state index contributed by atoms with van der Waals surface area (Å²) in [6.07, 6.45) is 2.35. The Morgan fingerprint density at radius 1 is 1.38 bits per heavy atom. The number of rotatable bonds is 7. The van der Waals surface area contributed by atoms with Crippen molar-refractivity contribution < 1.29 is 14.3 Å². The first-order chi connectivity index (χ1) is 10.2. The van der Waals surface area contributed by atoms with Gasteiger partial charge in [0.2, 0.25) is 0 Å². The Bertz CT molecular complexity index is 559. The predicted octanol–water partition coefficient (Wildman–Crippen LogP) is 2.53. The number of carbonyl (C=O) groups is 1. The molecule has 112 valence electrons. The molecule has 1 N–H and O–H groups in total. The maximum atomic E-state index is 11.8. The molecule has 5 nitrogen and oxygen atoms in total. The van der Waals surface area contributed by atoms with Gasteiger partial charge < -0.3 is 14.8 Å². The van der Waals surface area contributed by atoms with E-state index in [0.717, 1.165) is 6.42 Å². The van der Waals surface area contributed by atoms with Crippen LogP contribution in [-0.2, 0) is 4.79 Å². The molecule has 0 aliphatic rings. The number of ether oxygens (including phenoxy) is 2. The molecule has 1 rings (SSSR count). The number of hydrogen-bond acceptors (Lipinski definition) is 4. The minimum absolute atomic E-state index is 0.0645. The monoisotopic (exact) mass is 288 g/mol. The first kappa shape index (κ1) is 16.6. The Kier molecular flexibility index (Phi) is 6.82. The second kappa shape index (κ2) is 8.64. The van der Waals surface area contributed by atoms with E-state index in [1.165, 1.54) is 6.08 Å². The quantitative estimate of drug-likeness (QED) is 0.618. The van der Waals surface area contributed by atoms with Crippen molar-refractivity contribution in [2.24, 2.45) is 0 Å². The third kappa shape index (κ3) is 4.84. The molecule has 0 aliphatic carbocycles. The van der Waals surface area contributed by atoms with Crippen molar-refractivity contribution in [2.45, 2.75) is 20.3 Å². The van der Waals surface area contributed by atoms with Crippen LogP contribution in [0.3, 0.4) is 0 Å². The van der Waals surface area contributed by atoms with Crippen LogP contribution in [0.4, 0.5) is 0 Å². The van der Waals surface area contributed by atoms with Crippen molar-refractivity contribution in [3.63, 3.8) is 0 Å². The van der Waals surface area contributed by atoms with Crippen molar-refractivity contribution in [3.8, 4) is 17.6 Å². The summed E-state index contributed by atoms with van der Waals surface area (Å²) in [4.78, 5) is 11.8. The summed E-state index contributed by atoms with van der Waals surface area (Å²) in [6, 6.07) is 7.18. The van der Waals surface area contributed by atoms with Gasteiger partial charge >= 0.3 is 0 Å². The zero-order valence-corrected chi connectivity index (χ0v) is 12.6. The highest BCUT2D eigenvalue weighted by atomic mass is 16.5. The summed E-state index contributed by atoms with van der Waals surface area (Å²) in [5.74, 6) is 0.829. The van der Waals surface area contributed by atoms with Gasteiger partial charge in [-0.3, -0.25) is 4.79 Å². The van der Waals surface area contributed by atoms with E-state index in [1.54, 1.807) is 25.3 Å². The van der Waals surface area contributed by atoms with Gasteiger partial charge in [-0.15, -0.1) is 0 Å². The molecule has 0 aromatic heterocycles. The molecule has 21 heavy (non-hydrogen) atoms. The maximum absolute atomic E-state index is 11.8. The second-order valence-electron chi connectivity index (χ2n) is 4.27. The van der Waals surface area contributed by atoms with E-state index >= 15 is 0 Å². The summed E-state index contributed by atoms with van der Waals surface area (Å²) < 4.78 is 10.7. The van der Waals surface area contributed by atoms with Crippen molar-refractivity contribution in [2.75, 3.05) is 20.3 Å². The Hall–Kier alpha value is -2.48. The second-order valence-corrected chi connectivity index (χ2v) is 4.27. The zero-order chi connectivity index (χ0) is 15.7. The van der Waals surface area contributed by atoms with Gasteiger partial charge in [-0.05, 0) is 37.1 Å². The molecule has 0 atom stereocenters. The van der Waals surface area contributed by atoms with Gasteiger partial charge in [0.1, 0.15) is 11.6 Å². The number of benzene rings is 1. The van der Waals surface area contributed by atoms with Gasteiger partial charge in [-0.1, -0.05) is 13.0 Å². The number of amides is 1. The summed E-state index contributed by atoms with van der Waals surface area (Å²) in [5.41, 5.74) is 0.771. The zero-order valence-electron chi connectivity index (χ0n) is 12.6. The van der Waals surface area contributed by atoms with Crippen molar-refractivity contribution in [1.29, 1.82) is 5.26 Å². The molecule has 0 aliphatic heterocycles. The van der Waals surface area contributed by atoms with E-state index in [4.69, 9.17) is 14.7 Å². The lowest BCUT2D eigenvalue weighted by Crippen LogP contribution is -2.25. The van der Waals surface area contributed by atoms with Crippen LogP contribution in [0.5, 0.6) is 11.5 Å². The van der Waals surface area contributed by atoms with Crippen LogP contribution in [0.15, 0.2) is 23.8 Å². The van der Waals surface area contributed by atoms with Gasteiger partial charge in [0.25, 0.3) is 5.91 Å². The summed E-state index contributed by atoms with van der Waals surface area (Å²) in [6.45, 7) is 4.92. The fourth-order valence-electron chi connectivity index (χ4n) is 1.70. The molecule has 0 radical (unpaired) electrons. The van der Waals surface area contributed by atoms with Gasteiger partial charge in [-0.25, -0.2) is 0 Å². The predicted molar refractivity (Wildman–Crippen MR) is 81.1 cm³/mol. The number of nitrogens with zero attached hydrogens (tertiary/aromatic N) is 1. The molecule has 0 fully saturated rings. The number of methoxy groups -OCH3 is 1. The van der Waals surface area contributed by atoms with Crippen LogP contribution in [-0.4, -0.2) is 26.2 Å². The minimum atomic E-state index is -0.368. The SMILES string of the molecule is CCCNC(=O)/C(C#N)=C\c1ccc(OCC)c(OC)c1. The van der Waals surface area contributed by atoms with E-state index in [0.29, 0.717) is 30.2 Å². The van der Waals surface area contributed by atoms with Crippen LogP contribution >= 0.6 is 0 Å². The van der Waals surface area contributed by atoms with Gasteiger partial charge in [0.05, 0.1) is 13.7 Å². The summed E-state index contributed by atoms with van der Waals surface area (Å²) in [7, 11) is 1.55. The average Bonchev–Trinajstić information content (AvgIpc) is 2.51. The van der Waals surface area contributed by atoms with Gasteiger partial charge in [0, 0.05) is 6.54 Å². The van der Waals surface area contributed by atoms with Crippen molar-refractivity contribution >= 4 is 12.0 Å². The maximum Gasteiger partial charge on any atom is 0.261 e. The normalized spacial score (nSPS) is 10.7. The molecule has 0 bridgehead atoms. The van der Waals surface area contributed by atoms with Crippen LogP contribution in [0.2, 0.25) is 0 Å². The number of hydrogen-bond donors (Lipinski definition) is 1. The van der Waals surface area contributed by atoms with Crippen molar-refractivity contribution in [1.82, 2.24) is 5.32 Å². The third-order valence-electron chi connectivity index (χ3n) is 2.70. The number of carbonyl (C=O) groups excluding carboxylic acids is 1. The highest BCUT2D eigenvalue weighted by molar-refractivity contribution is 6.01. The van der Waals surface area contributed by atoms with Gasteiger partial charge in [0.15, 0.2) is 11.5 Å². The summed E-state index contributed by atoms with van der Waals surface area (Å²) in [5, 5.41) is 11.8. The molecular weight excluding hydrogens is 268 g/mol. The topological polar surface area (TPSA) is 71.4 Å². The third-order valence-corrected chi connectivity index (χ3v) is 2.70. The van der Waals surface area contributed by atoms with E-state index in [-0.39, 0.29) is 11.5 Å². The Morgan fingerprint density at radius 3 is 2.71 bits per heavy atom. The Morgan fingerprint density at radius 2 is 2.14 bits per heavy atom. The van der Waals surface area contributed by atoms with E-state index in [1.807, 2.05) is 19.9 Å². The number of nitriles is 1. The number of nitrogens with one attached hydrogen (secondary N) is 1. The lowest BCUT2D eigenvalue weighted by molar-refractivity contribution is -0.117. The smallest absolute Gasteiger partial charge is 0.261 e. The molecule has 1 aromatic carbocycles. The lowest BCUT2D eigenvalue weighted by atomic mass is 10.1. The van der Waals surface area contributed by atoms with Crippen molar-refractivity contribution in [3.05, 3.63) is 29.3 Å². The van der Waals surface area contributed by atoms with E-state index < -0.39 is 0 Å². The highest BCUT2D eigenvalue weighted by Crippen LogP contribution is 2.28. The molecule has 0 unspecified atom stereocenters. The van der Waals surface area contributed by atoms with E-state index in [9.17, 15) is 4.79 Å². The lowest BCUT2D eigenvalue weighted by Gasteiger charge is -2.09. The average molecular weight is 288 g/mol. The minimum Gasteiger partial charge on any atom is -0.493 e. The largest absolute Gasteiger partial charge is 0.493 e. The first-order valence-corrected chi connectivity index (χ1v) is 6.87. The van der Waals surface area contributed by atoms with Crippen LogP contribution < -0.4 is 14.8 Å². The van der Waals surface area contributed by atoms with Crippen LogP contribution in [0.1, 0.15) is 25.8 Å². The first-order valence-electron chi connectivity index (χ1n) is 6.87. The van der Waals surface area contributed by atoms with E-state index in [2.05, 4.69) is 5.32 Å². The fraction of sp³-hybridized carbons (Fsp3) is 0.375. The molecule has 1 amide bonds. The molecule has 0 heterocycles. The standard InChI is InChI=1S/C16H20N2O3/c1-4-8-18-16(19)13(11-17)9-12-6-7-14(21-5-2)15(10-12)20-3/h6-7,9-10H,4-5,8H2,1-3H3,(H,18,19)/b13-9-. The molecule has 0 saturated carbocycles. The molecular formula is C16H20N2O3. The van der Waals surface area contributed by atoms with Crippen LogP contribution in [0.25, 0.3) is 6.08 Å². The summed E-state index contributed by atoms with van der Waals surface area (Å²) >= 11 is 0. The highest BCUT2D eigenvalue weighted by Gasteiger charge is 2.09. The molecule has 5 heteroatoms. The van der Waals surface area contributed by atoms with Gasteiger partial charge in [-0.2, -0.15) is 5.26 Å². The Labute approximate surface area is 125 Å². The fourth-order valence-corrected chi connectivity index (χ4v) is 1.70. The van der Waals surface area contributed by atoms with Crippen LogP contribution in [0, 0.1) is 11.3 Å².